The molecule has 1 aliphatic heterocycles. The molecule has 2 N–H and O–H groups in total. The van der Waals surface area contributed by atoms with Crippen molar-refractivity contribution in [2.75, 3.05) is 26.2 Å². The van der Waals surface area contributed by atoms with Gasteiger partial charge in [0.1, 0.15) is 6.61 Å². The average Bonchev–Trinajstić information content (AvgIpc) is 2.77. The van der Waals surface area contributed by atoms with Gasteiger partial charge in [-0.05, 0) is 35.9 Å². The number of carbonyl (C=O) groups excluding carboxylic acids is 3. The van der Waals surface area contributed by atoms with E-state index in [1.807, 2.05) is 0 Å². The van der Waals surface area contributed by atoms with Crippen LogP contribution in [0.15, 0.2) is 53.4 Å². The lowest BCUT2D eigenvalue weighted by Crippen LogP contribution is -2.49. The molecule has 0 atom stereocenters. The fourth-order valence-corrected chi connectivity index (χ4v) is 4.69. The van der Waals surface area contributed by atoms with Crippen LogP contribution in [0.3, 0.4) is 0 Å². The summed E-state index contributed by atoms with van der Waals surface area (Å²) in [5.74, 6) is -1.37. The van der Waals surface area contributed by atoms with Crippen molar-refractivity contribution in [3.05, 3.63) is 65.2 Å². The molecule has 0 spiro atoms. The number of carbonyl (C=O) groups is 3. The molecule has 0 aliphatic carbocycles. The number of primary amides is 1. The van der Waals surface area contributed by atoms with Crippen LogP contribution >= 0.6 is 0 Å². The van der Waals surface area contributed by atoms with Gasteiger partial charge in [-0.2, -0.15) is 4.31 Å². The first kappa shape index (κ1) is 22.4. The van der Waals surface area contributed by atoms with Gasteiger partial charge >= 0.3 is 5.97 Å². The quantitative estimate of drug-likeness (QED) is 0.661. The zero-order valence-electron chi connectivity index (χ0n) is 17.0. The van der Waals surface area contributed by atoms with E-state index in [0.29, 0.717) is 24.2 Å². The minimum Gasteiger partial charge on any atom is -0.457 e. The Hall–Kier alpha value is -3.24. The molecule has 164 valence electrons. The summed E-state index contributed by atoms with van der Waals surface area (Å²) in [5, 5.41) is 0. The highest BCUT2D eigenvalue weighted by Gasteiger charge is 2.29. The highest BCUT2D eigenvalue weighted by Crippen LogP contribution is 2.20. The van der Waals surface area contributed by atoms with Crippen LogP contribution in [0.2, 0.25) is 0 Å². The predicted molar refractivity (Wildman–Crippen MR) is 112 cm³/mol. The van der Waals surface area contributed by atoms with Gasteiger partial charge in [-0.3, -0.25) is 9.59 Å². The van der Waals surface area contributed by atoms with Crippen LogP contribution in [0, 0.1) is 0 Å². The number of sulfonamides is 1. The fraction of sp³-hybridized carbons (Fsp3) is 0.286. The molecule has 0 aromatic heterocycles. The highest BCUT2D eigenvalue weighted by atomic mass is 32.2. The van der Waals surface area contributed by atoms with Gasteiger partial charge < -0.3 is 15.4 Å². The van der Waals surface area contributed by atoms with Gasteiger partial charge in [-0.15, -0.1) is 0 Å². The van der Waals surface area contributed by atoms with Gasteiger partial charge in [0, 0.05) is 38.7 Å². The average molecular weight is 445 g/mol. The number of hydrogen-bond donors (Lipinski definition) is 1. The summed E-state index contributed by atoms with van der Waals surface area (Å²) in [6, 6.07) is 12.0. The highest BCUT2D eigenvalue weighted by molar-refractivity contribution is 7.89. The van der Waals surface area contributed by atoms with Gasteiger partial charge in [0.15, 0.2) is 0 Å². The third-order valence-corrected chi connectivity index (χ3v) is 6.87. The number of hydrogen-bond acceptors (Lipinski definition) is 6. The molecule has 31 heavy (non-hydrogen) atoms. The Labute approximate surface area is 180 Å². The summed E-state index contributed by atoms with van der Waals surface area (Å²) < 4.78 is 32.4. The summed E-state index contributed by atoms with van der Waals surface area (Å²) in [6.07, 6.45) is 0. The molecule has 2 aromatic rings. The zero-order valence-corrected chi connectivity index (χ0v) is 17.8. The summed E-state index contributed by atoms with van der Waals surface area (Å²) in [6.45, 7) is 2.37. The summed E-state index contributed by atoms with van der Waals surface area (Å²) in [7, 11) is -3.81. The van der Waals surface area contributed by atoms with E-state index in [1.54, 1.807) is 23.1 Å². The van der Waals surface area contributed by atoms with E-state index >= 15 is 0 Å². The lowest BCUT2D eigenvalue weighted by Gasteiger charge is -2.33. The van der Waals surface area contributed by atoms with Crippen molar-refractivity contribution in [1.82, 2.24) is 9.21 Å². The van der Waals surface area contributed by atoms with Crippen LogP contribution in [0.25, 0.3) is 0 Å². The second kappa shape index (κ2) is 9.27. The number of rotatable bonds is 6. The van der Waals surface area contributed by atoms with E-state index in [-0.39, 0.29) is 36.1 Å². The van der Waals surface area contributed by atoms with Crippen LogP contribution in [-0.2, 0) is 26.2 Å². The number of esters is 1. The van der Waals surface area contributed by atoms with Crippen molar-refractivity contribution in [3.63, 3.8) is 0 Å². The Kier molecular flexibility index (Phi) is 6.71. The maximum Gasteiger partial charge on any atom is 0.338 e. The van der Waals surface area contributed by atoms with Crippen molar-refractivity contribution < 1.29 is 27.5 Å². The topological polar surface area (TPSA) is 127 Å². The second-order valence-electron chi connectivity index (χ2n) is 7.08. The monoisotopic (exact) mass is 445 g/mol. The van der Waals surface area contributed by atoms with Crippen LogP contribution < -0.4 is 5.73 Å². The number of amides is 2. The Morgan fingerprint density at radius 2 is 1.61 bits per heavy atom. The molecule has 0 saturated carbocycles. The molecule has 0 unspecified atom stereocenters. The second-order valence-corrected chi connectivity index (χ2v) is 9.02. The third-order valence-electron chi connectivity index (χ3n) is 4.97. The Morgan fingerprint density at radius 3 is 2.26 bits per heavy atom. The summed E-state index contributed by atoms with van der Waals surface area (Å²) in [5.41, 5.74) is 6.21. The minimum atomic E-state index is -3.81. The molecule has 3 rings (SSSR count). The molecule has 1 heterocycles. The Bertz CT molecular complexity index is 1110. The smallest absolute Gasteiger partial charge is 0.338 e. The van der Waals surface area contributed by atoms with E-state index in [0.717, 1.165) is 0 Å². The zero-order chi connectivity index (χ0) is 22.6. The molecule has 1 fully saturated rings. The number of nitrogens with zero attached hydrogens (tertiary/aromatic N) is 2. The largest absolute Gasteiger partial charge is 0.457 e. The minimum absolute atomic E-state index is 0.0195. The lowest BCUT2D eigenvalue weighted by atomic mass is 10.1. The van der Waals surface area contributed by atoms with Gasteiger partial charge in [0.05, 0.1) is 10.5 Å². The molecule has 1 aliphatic rings. The fourth-order valence-electron chi connectivity index (χ4n) is 3.22. The van der Waals surface area contributed by atoms with Gasteiger partial charge in [0.25, 0.3) is 0 Å². The number of nitrogens with two attached hydrogens (primary N) is 1. The molecule has 0 radical (unpaired) electrons. The number of ether oxygens (including phenoxy) is 1. The van der Waals surface area contributed by atoms with E-state index in [9.17, 15) is 22.8 Å². The molecular formula is C21H23N3O6S. The van der Waals surface area contributed by atoms with Crippen molar-refractivity contribution in [2.45, 2.75) is 18.4 Å². The molecule has 0 bridgehead atoms. The first-order valence-corrected chi connectivity index (χ1v) is 11.0. The van der Waals surface area contributed by atoms with Crippen LogP contribution in [0.4, 0.5) is 0 Å². The van der Waals surface area contributed by atoms with Crippen molar-refractivity contribution >= 4 is 27.8 Å². The van der Waals surface area contributed by atoms with Crippen LogP contribution in [-0.4, -0.2) is 61.6 Å². The SMILES string of the molecule is CC(=O)N1CCN(S(=O)(=O)c2cccc(C(=O)OCc3cccc(C(N)=O)c3)c2)CC1. The molecular weight excluding hydrogens is 422 g/mol. The van der Waals surface area contributed by atoms with Crippen molar-refractivity contribution in [2.24, 2.45) is 5.73 Å². The molecule has 1 saturated heterocycles. The van der Waals surface area contributed by atoms with Gasteiger partial charge in [0.2, 0.25) is 21.8 Å². The molecule has 10 heteroatoms. The van der Waals surface area contributed by atoms with E-state index in [2.05, 4.69) is 0 Å². The number of piperazine rings is 1. The predicted octanol–water partition coefficient (Wildman–Crippen LogP) is 0.995. The van der Waals surface area contributed by atoms with Crippen molar-refractivity contribution in [3.8, 4) is 0 Å². The van der Waals surface area contributed by atoms with E-state index in [4.69, 9.17) is 10.5 Å². The lowest BCUT2D eigenvalue weighted by molar-refractivity contribution is -0.129. The standard InChI is InChI=1S/C21H23N3O6S/c1-15(25)23-8-10-24(11-9-23)31(28,29)19-7-3-6-18(13-19)21(27)30-14-16-4-2-5-17(12-16)20(22)26/h2-7,12-13H,8-11,14H2,1H3,(H2,22,26). The Balaban J connectivity index is 1.69. The first-order chi connectivity index (χ1) is 14.7. The summed E-state index contributed by atoms with van der Waals surface area (Å²) >= 11 is 0. The Morgan fingerprint density at radius 1 is 0.968 bits per heavy atom. The van der Waals surface area contributed by atoms with Crippen LogP contribution in [0.1, 0.15) is 33.2 Å². The normalized spacial score (nSPS) is 14.8. The third kappa shape index (κ3) is 5.28. The van der Waals surface area contributed by atoms with E-state index < -0.39 is 21.9 Å². The molecule has 9 nitrogen and oxygen atoms in total. The van der Waals surface area contributed by atoms with Gasteiger partial charge in [-0.25, -0.2) is 13.2 Å². The molecule has 2 aromatic carbocycles. The first-order valence-electron chi connectivity index (χ1n) is 9.60. The van der Waals surface area contributed by atoms with Gasteiger partial charge in [-0.1, -0.05) is 18.2 Å². The van der Waals surface area contributed by atoms with Crippen LogP contribution in [0.5, 0.6) is 0 Å². The van der Waals surface area contributed by atoms with E-state index in [1.165, 1.54) is 41.6 Å². The summed E-state index contributed by atoms with van der Waals surface area (Å²) in [4.78, 5) is 36.7. The maximum atomic E-state index is 12.9. The molecule has 2 amide bonds. The van der Waals surface area contributed by atoms with Crippen molar-refractivity contribution in [1.29, 1.82) is 0 Å². The number of benzene rings is 2. The maximum absolute atomic E-state index is 12.9.